The smallest absolute Gasteiger partial charge is 0.251 e. The third-order valence-electron chi connectivity index (χ3n) is 4.30. The zero-order valence-electron chi connectivity index (χ0n) is 13.7. The molecule has 7 nitrogen and oxygen atoms in total. The molecule has 2 aliphatic heterocycles. The molecule has 0 spiro atoms. The summed E-state index contributed by atoms with van der Waals surface area (Å²) in [5, 5.41) is 2.83. The van der Waals surface area contributed by atoms with Gasteiger partial charge in [0.1, 0.15) is 4.90 Å². The third kappa shape index (κ3) is 4.32. The number of ether oxygens (including phenoxy) is 2. The molecule has 9 heteroatoms. The van der Waals surface area contributed by atoms with Gasteiger partial charge in [0.15, 0.2) is 0 Å². The number of nitrogens with zero attached hydrogens (tertiary/aromatic N) is 1. The highest BCUT2D eigenvalue weighted by atomic mass is 35.5. The van der Waals surface area contributed by atoms with Gasteiger partial charge in [-0.05, 0) is 31.0 Å². The molecule has 2 fully saturated rings. The lowest BCUT2D eigenvalue weighted by molar-refractivity contribution is 0.0730. The second-order valence-corrected chi connectivity index (χ2v) is 8.32. The summed E-state index contributed by atoms with van der Waals surface area (Å²) >= 11 is 6.16. The number of carbonyl (C=O) groups is 1. The van der Waals surface area contributed by atoms with Gasteiger partial charge in [-0.1, -0.05) is 11.6 Å². The highest BCUT2D eigenvalue weighted by Gasteiger charge is 2.28. The second kappa shape index (κ2) is 8.01. The fourth-order valence-corrected chi connectivity index (χ4v) is 4.82. The molecule has 1 aromatic rings. The predicted octanol–water partition coefficient (Wildman–Crippen LogP) is 1.27. The molecule has 0 aromatic heterocycles. The molecule has 1 atom stereocenters. The van der Waals surface area contributed by atoms with E-state index in [9.17, 15) is 13.2 Å². The van der Waals surface area contributed by atoms with E-state index in [1.165, 1.54) is 22.5 Å². The molecule has 0 bridgehead atoms. The van der Waals surface area contributed by atoms with Crippen LogP contribution in [0.25, 0.3) is 0 Å². The van der Waals surface area contributed by atoms with E-state index in [1.807, 2.05) is 0 Å². The van der Waals surface area contributed by atoms with Crippen LogP contribution in [0.4, 0.5) is 0 Å². The first-order chi connectivity index (χ1) is 12.0. The van der Waals surface area contributed by atoms with Crippen molar-refractivity contribution >= 4 is 27.5 Å². The first kappa shape index (κ1) is 18.6. The van der Waals surface area contributed by atoms with Crippen LogP contribution in [0.1, 0.15) is 23.2 Å². The van der Waals surface area contributed by atoms with Crippen LogP contribution in [0.15, 0.2) is 23.1 Å². The Balaban J connectivity index is 1.70. The van der Waals surface area contributed by atoms with Crippen molar-refractivity contribution in [3.8, 4) is 0 Å². The van der Waals surface area contributed by atoms with Crippen LogP contribution < -0.4 is 5.32 Å². The van der Waals surface area contributed by atoms with Crippen LogP contribution in [0.3, 0.4) is 0 Å². The summed E-state index contributed by atoms with van der Waals surface area (Å²) in [4.78, 5) is 12.2. The molecule has 2 heterocycles. The van der Waals surface area contributed by atoms with Gasteiger partial charge in [-0.2, -0.15) is 4.31 Å². The van der Waals surface area contributed by atoms with Gasteiger partial charge in [-0.25, -0.2) is 8.42 Å². The van der Waals surface area contributed by atoms with Gasteiger partial charge in [0.2, 0.25) is 10.0 Å². The van der Waals surface area contributed by atoms with E-state index in [1.54, 1.807) is 0 Å². The normalized spacial score (nSPS) is 22.0. The van der Waals surface area contributed by atoms with Crippen molar-refractivity contribution in [2.45, 2.75) is 23.8 Å². The molecule has 25 heavy (non-hydrogen) atoms. The quantitative estimate of drug-likeness (QED) is 0.821. The van der Waals surface area contributed by atoms with Gasteiger partial charge in [0.05, 0.1) is 24.3 Å². The average Bonchev–Trinajstić information content (AvgIpc) is 3.13. The monoisotopic (exact) mass is 388 g/mol. The number of morpholine rings is 1. The first-order valence-electron chi connectivity index (χ1n) is 8.26. The SMILES string of the molecule is O=C(NC[C@H]1CCCO1)c1ccc(S(=O)(=O)N2CCOCC2)c(Cl)c1. The Bertz CT molecular complexity index is 728. The maximum Gasteiger partial charge on any atom is 0.251 e. The zero-order chi connectivity index (χ0) is 17.9. The van der Waals surface area contributed by atoms with Crippen LogP contribution >= 0.6 is 11.6 Å². The van der Waals surface area contributed by atoms with E-state index in [0.717, 1.165) is 19.4 Å². The van der Waals surface area contributed by atoms with Crippen molar-refractivity contribution in [1.29, 1.82) is 0 Å². The first-order valence-corrected chi connectivity index (χ1v) is 10.1. The molecule has 3 rings (SSSR count). The Morgan fingerprint density at radius 3 is 2.68 bits per heavy atom. The standard InChI is InChI=1S/C16H21ClN2O5S/c17-14-10-12(16(20)18-11-13-2-1-7-24-13)3-4-15(14)25(21,22)19-5-8-23-9-6-19/h3-4,10,13H,1-2,5-9,11H2,(H,18,20)/t13-/m1/s1. The lowest BCUT2D eigenvalue weighted by Crippen LogP contribution is -2.40. The number of halogens is 1. The maximum atomic E-state index is 12.7. The molecule has 1 amide bonds. The maximum absolute atomic E-state index is 12.7. The minimum absolute atomic E-state index is 0.00624. The molecule has 1 aromatic carbocycles. The summed E-state index contributed by atoms with van der Waals surface area (Å²) in [5.41, 5.74) is 0.323. The van der Waals surface area contributed by atoms with E-state index in [2.05, 4.69) is 5.32 Å². The lowest BCUT2D eigenvalue weighted by Gasteiger charge is -2.26. The predicted molar refractivity (Wildman–Crippen MR) is 92.3 cm³/mol. The van der Waals surface area contributed by atoms with Crippen molar-refractivity contribution in [2.75, 3.05) is 39.5 Å². The number of nitrogens with one attached hydrogen (secondary N) is 1. The molecule has 0 unspecified atom stereocenters. The highest BCUT2D eigenvalue weighted by molar-refractivity contribution is 7.89. The molecular formula is C16H21ClN2O5S. The van der Waals surface area contributed by atoms with Gasteiger partial charge in [-0.3, -0.25) is 4.79 Å². The van der Waals surface area contributed by atoms with Crippen LogP contribution in [0.5, 0.6) is 0 Å². The zero-order valence-corrected chi connectivity index (χ0v) is 15.3. The Morgan fingerprint density at radius 2 is 2.04 bits per heavy atom. The number of benzene rings is 1. The summed E-state index contributed by atoms with van der Waals surface area (Å²) in [5.74, 6) is -0.298. The van der Waals surface area contributed by atoms with Gasteiger partial charge in [0.25, 0.3) is 5.91 Å². The van der Waals surface area contributed by atoms with Gasteiger partial charge in [0, 0.05) is 31.8 Å². The van der Waals surface area contributed by atoms with Crippen molar-refractivity contribution in [2.24, 2.45) is 0 Å². The number of carbonyl (C=O) groups excluding carboxylic acids is 1. The van der Waals surface area contributed by atoms with E-state index in [0.29, 0.717) is 38.4 Å². The van der Waals surface area contributed by atoms with Crippen molar-refractivity contribution < 1.29 is 22.7 Å². The number of amides is 1. The van der Waals surface area contributed by atoms with Crippen molar-refractivity contribution in [3.05, 3.63) is 28.8 Å². The van der Waals surface area contributed by atoms with Gasteiger partial charge < -0.3 is 14.8 Å². The molecular weight excluding hydrogens is 368 g/mol. The molecule has 1 N–H and O–H groups in total. The van der Waals surface area contributed by atoms with E-state index in [-0.39, 0.29) is 21.9 Å². The summed E-state index contributed by atoms with van der Waals surface area (Å²) in [6, 6.07) is 4.25. The Labute approximate surface area is 152 Å². The number of rotatable bonds is 5. The number of hydrogen-bond acceptors (Lipinski definition) is 5. The Morgan fingerprint density at radius 1 is 1.28 bits per heavy atom. The molecule has 138 valence electrons. The van der Waals surface area contributed by atoms with Crippen LogP contribution in [-0.2, 0) is 19.5 Å². The van der Waals surface area contributed by atoms with Gasteiger partial charge in [-0.15, -0.1) is 0 Å². The third-order valence-corrected chi connectivity index (χ3v) is 6.68. The molecule has 0 saturated carbocycles. The summed E-state index contributed by atoms with van der Waals surface area (Å²) < 4.78 is 37.3. The largest absolute Gasteiger partial charge is 0.379 e. The minimum Gasteiger partial charge on any atom is -0.379 e. The number of hydrogen-bond donors (Lipinski definition) is 1. The highest BCUT2D eigenvalue weighted by Crippen LogP contribution is 2.26. The summed E-state index contributed by atoms with van der Waals surface area (Å²) in [7, 11) is -3.69. The fraction of sp³-hybridized carbons (Fsp3) is 0.562. The topological polar surface area (TPSA) is 84.9 Å². The van der Waals surface area contributed by atoms with E-state index >= 15 is 0 Å². The fourth-order valence-electron chi connectivity index (χ4n) is 2.89. The second-order valence-electron chi connectivity index (χ2n) is 6.01. The molecule has 2 saturated heterocycles. The Hall–Kier alpha value is -1.19. The molecule has 0 radical (unpaired) electrons. The minimum atomic E-state index is -3.69. The summed E-state index contributed by atoms with van der Waals surface area (Å²) in [6.07, 6.45) is 1.97. The Kier molecular flexibility index (Phi) is 5.96. The van der Waals surface area contributed by atoms with Crippen LogP contribution in [0, 0.1) is 0 Å². The van der Waals surface area contributed by atoms with Crippen molar-refractivity contribution in [3.63, 3.8) is 0 Å². The lowest BCUT2D eigenvalue weighted by atomic mass is 10.2. The van der Waals surface area contributed by atoms with Crippen LogP contribution in [0.2, 0.25) is 5.02 Å². The van der Waals surface area contributed by atoms with Gasteiger partial charge >= 0.3 is 0 Å². The molecule has 0 aliphatic carbocycles. The van der Waals surface area contributed by atoms with E-state index in [4.69, 9.17) is 21.1 Å². The average molecular weight is 389 g/mol. The summed E-state index contributed by atoms with van der Waals surface area (Å²) in [6.45, 7) is 2.47. The van der Waals surface area contributed by atoms with E-state index < -0.39 is 10.0 Å². The number of sulfonamides is 1. The van der Waals surface area contributed by atoms with Crippen molar-refractivity contribution in [1.82, 2.24) is 9.62 Å². The molecule has 2 aliphatic rings. The van der Waals surface area contributed by atoms with Crippen LogP contribution in [-0.4, -0.2) is 64.2 Å².